The van der Waals surface area contributed by atoms with Crippen molar-refractivity contribution in [1.82, 2.24) is 0 Å². The maximum Gasteiger partial charge on any atom is 0.101 e. The van der Waals surface area contributed by atoms with Crippen molar-refractivity contribution >= 4 is 0 Å². The predicted octanol–water partition coefficient (Wildman–Crippen LogP) is 5.63. The summed E-state index contributed by atoms with van der Waals surface area (Å²) in [4.78, 5) is 0. The van der Waals surface area contributed by atoms with Crippen molar-refractivity contribution in [2.24, 2.45) is 0 Å². The molecule has 0 aromatic rings. The SMILES string of the molecule is CCCCCCCCCCCCOCC(O)COC1CCCCC1. The highest BCUT2D eigenvalue weighted by atomic mass is 16.5. The molecule has 0 amide bonds. The summed E-state index contributed by atoms with van der Waals surface area (Å²) in [5.41, 5.74) is 0. The van der Waals surface area contributed by atoms with Crippen LogP contribution in [0.2, 0.25) is 0 Å². The number of hydrogen-bond acceptors (Lipinski definition) is 3. The molecule has 0 bridgehead atoms. The molecule has 1 atom stereocenters. The first kappa shape index (κ1) is 21.9. The third kappa shape index (κ3) is 13.2. The molecule has 24 heavy (non-hydrogen) atoms. The number of rotatable bonds is 16. The Morgan fingerprint density at radius 3 is 2.00 bits per heavy atom. The van der Waals surface area contributed by atoms with E-state index in [1.165, 1.54) is 77.0 Å². The van der Waals surface area contributed by atoms with Gasteiger partial charge in [0.15, 0.2) is 0 Å². The first-order chi connectivity index (χ1) is 11.8. The van der Waals surface area contributed by atoms with E-state index in [9.17, 15) is 5.11 Å². The molecule has 3 nitrogen and oxygen atoms in total. The van der Waals surface area contributed by atoms with Crippen LogP contribution >= 0.6 is 0 Å². The van der Waals surface area contributed by atoms with Gasteiger partial charge in [-0.3, -0.25) is 0 Å². The van der Waals surface area contributed by atoms with Crippen LogP contribution in [0.1, 0.15) is 103 Å². The Balaban J connectivity index is 1.76. The number of aliphatic hydroxyl groups is 1. The van der Waals surface area contributed by atoms with E-state index in [-0.39, 0.29) is 0 Å². The average molecular weight is 343 g/mol. The van der Waals surface area contributed by atoms with E-state index in [4.69, 9.17) is 9.47 Å². The molecule has 1 aliphatic rings. The summed E-state index contributed by atoms with van der Waals surface area (Å²) in [7, 11) is 0. The molecule has 1 N–H and O–H groups in total. The minimum absolute atomic E-state index is 0.371. The Labute approximate surface area is 150 Å². The van der Waals surface area contributed by atoms with Crippen LogP contribution in [0, 0.1) is 0 Å². The van der Waals surface area contributed by atoms with E-state index in [2.05, 4.69) is 6.92 Å². The van der Waals surface area contributed by atoms with Gasteiger partial charge in [-0.25, -0.2) is 0 Å². The van der Waals surface area contributed by atoms with Crippen LogP contribution in [0.3, 0.4) is 0 Å². The monoisotopic (exact) mass is 342 g/mol. The third-order valence-electron chi connectivity index (χ3n) is 5.03. The van der Waals surface area contributed by atoms with Crippen molar-refractivity contribution in [3.63, 3.8) is 0 Å². The van der Waals surface area contributed by atoms with Crippen molar-refractivity contribution in [3.8, 4) is 0 Å². The predicted molar refractivity (Wildman–Crippen MR) is 101 cm³/mol. The first-order valence-electron chi connectivity index (χ1n) is 10.7. The normalized spacial score (nSPS) is 17.2. The molecule has 0 aromatic carbocycles. The zero-order valence-corrected chi connectivity index (χ0v) is 16.1. The molecule has 0 radical (unpaired) electrons. The Morgan fingerprint density at radius 2 is 1.38 bits per heavy atom. The van der Waals surface area contributed by atoms with E-state index < -0.39 is 6.10 Å². The molecule has 0 heterocycles. The van der Waals surface area contributed by atoms with E-state index in [0.717, 1.165) is 25.9 Å². The molecule has 0 aliphatic heterocycles. The van der Waals surface area contributed by atoms with E-state index >= 15 is 0 Å². The van der Waals surface area contributed by atoms with Gasteiger partial charge >= 0.3 is 0 Å². The van der Waals surface area contributed by atoms with Crippen molar-refractivity contribution in [3.05, 3.63) is 0 Å². The molecule has 0 spiro atoms. The Kier molecular flexibility index (Phi) is 14.9. The maximum atomic E-state index is 9.89. The molecule has 0 aromatic heterocycles. The van der Waals surface area contributed by atoms with Gasteiger partial charge in [0.2, 0.25) is 0 Å². The quantitative estimate of drug-likeness (QED) is 0.369. The highest BCUT2D eigenvalue weighted by Gasteiger charge is 2.15. The van der Waals surface area contributed by atoms with Gasteiger partial charge in [0, 0.05) is 6.61 Å². The summed E-state index contributed by atoms with van der Waals surface area (Å²) in [6.07, 6.45) is 19.5. The van der Waals surface area contributed by atoms with E-state index in [0.29, 0.717) is 19.3 Å². The first-order valence-corrected chi connectivity index (χ1v) is 10.7. The highest BCUT2D eigenvalue weighted by Crippen LogP contribution is 2.20. The summed E-state index contributed by atoms with van der Waals surface area (Å²) >= 11 is 0. The molecule has 1 aliphatic carbocycles. The van der Waals surface area contributed by atoms with E-state index in [1.807, 2.05) is 0 Å². The molecule has 1 saturated carbocycles. The van der Waals surface area contributed by atoms with Gasteiger partial charge in [0.1, 0.15) is 6.10 Å². The van der Waals surface area contributed by atoms with Crippen LogP contribution in [0.4, 0.5) is 0 Å². The van der Waals surface area contributed by atoms with Gasteiger partial charge in [0.25, 0.3) is 0 Å². The van der Waals surface area contributed by atoms with Gasteiger partial charge in [-0.2, -0.15) is 0 Å². The fourth-order valence-corrected chi connectivity index (χ4v) is 3.44. The summed E-state index contributed by atoms with van der Waals surface area (Å²) in [5.74, 6) is 0. The highest BCUT2D eigenvalue weighted by molar-refractivity contribution is 4.66. The smallest absolute Gasteiger partial charge is 0.101 e. The van der Waals surface area contributed by atoms with Gasteiger partial charge in [-0.15, -0.1) is 0 Å². The third-order valence-corrected chi connectivity index (χ3v) is 5.03. The number of aliphatic hydroxyl groups excluding tert-OH is 1. The van der Waals surface area contributed by atoms with Gasteiger partial charge < -0.3 is 14.6 Å². The maximum absolute atomic E-state index is 9.89. The van der Waals surface area contributed by atoms with Crippen LogP contribution in [-0.4, -0.2) is 37.1 Å². The van der Waals surface area contributed by atoms with Crippen LogP contribution in [-0.2, 0) is 9.47 Å². The second kappa shape index (κ2) is 16.4. The van der Waals surface area contributed by atoms with Crippen molar-refractivity contribution in [2.75, 3.05) is 19.8 Å². The Morgan fingerprint density at radius 1 is 0.792 bits per heavy atom. The minimum Gasteiger partial charge on any atom is -0.388 e. The lowest BCUT2D eigenvalue weighted by Gasteiger charge is -2.23. The van der Waals surface area contributed by atoms with Gasteiger partial charge in [0.05, 0.1) is 19.3 Å². The van der Waals surface area contributed by atoms with Crippen LogP contribution < -0.4 is 0 Å². The molecule has 0 saturated heterocycles. The molecule has 1 rings (SSSR count). The fourth-order valence-electron chi connectivity index (χ4n) is 3.44. The van der Waals surface area contributed by atoms with Crippen LogP contribution in [0.15, 0.2) is 0 Å². The molecular weight excluding hydrogens is 300 g/mol. The molecule has 3 heteroatoms. The van der Waals surface area contributed by atoms with Crippen molar-refractivity contribution < 1.29 is 14.6 Å². The van der Waals surface area contributed by atoms with Crippen LogP contribution in [0.25, 0.3) is 0 Å². The lowest BCUT2D eigenvalue weighted by molar-refractivity contribution is -0.0531. The minimum atomic E-state index is -0.463. The summed E-state index contributed by atoms with van der Waals surface area (Å²) < 4.78 is 11.3. The number of ether oxygens (including phenoxy) is 2. The average Bonchev–Trinajstić information content (AvgIpc) is 2.62. The zero-order valence-electron chi connectivity index (χ0n) is 16.1. The standard InChI is InChI=1S/C21H42O3/c1-2-3-4-5-6-7-8-9-10-14-17-23-18-20(22)19-24-21-15-12-11-13-16-21/h20-22H,2-19H2,1H3. The zero-order chi connectivity index (χ0) is 17.3. The molecule has 144 valence electrons. The second-order valence-electron chi connectivity index (χ2n) is 7.50. The molecule has 1 fully saturated rings. The Bertz CT molecular complexity index is 251. The summed E-state index contributed by atoms with van der Waals surface area (Å²) in [6.45, 7) is 3.90. The van der Waals surface area contributed by atoms with Crippen molar-refractivity contribution in [2.45, 2.75) is 115 Å². The van der Waals surface area contributed by atoms with Gasteiger partial charge in [-0.05, 0) is 19.3 Å². The fraction of sp³-hybridized carbons (Fsp3) is 1.00. The second-order valence-corrected chi connectivity index (χ2v) is 7.50. The number of hydrogen-bond donors (Lipinski definition) is 1. The van der Waals surface area contributed by atoms with Gasteiger partial charge in [-0.1, -0.05) is 84.0 Å². The van der Waals surface area contributed by atoms with Crippen molar-refractivity contribution in [1.29, 1.82) is 0 Å². The largest absolute Gasteiger partial charge is 0.388 e. The molecular formula is C21H42O3. The summed E-state index contributed by atoms with van der Waals surface area (Å²) in [5, 5.41) is 9.89. The van der Waals surface area contributed by atoms with Crippen LogP contribution in [0.5, 0.6) is 0 Å². The topological polar surface area (TPSA) is 38.7 Å². The summed E-state index contributed by atoms with van der Waals surface area (Å²) in [6, 6.07) is 0. The number of unbranched alkanes of at least 4 members (excludes halogenated alkanes) is 9. The Hall–Kier alpha value is -0.120. The lowest BCUT2D eigenvalue weighted by atomic mass is 9.98. The van der Waals surface area contributed by atoms with E-state index in [1.54, 1.807) is 0 Å². The lowest BCUT2D eigenvalue weighted by Crippen LogP contribution is -2.27. The molecule has 1 unspecified atom stereocenters.